The molecule has 0 spiro atoms. The first kappa shape index (κ1) is 14.7. The van der Waals surface area contributed by atoms with E-state index in [1.807, 2.05) is 0 Å². The second-order valence-electron chi connectivity index (χ2n) is 5.12. The Bertz CT molecular complexity index is 459. The topological polar surface area (TPSA) is 64.3 Å². The van der Waals surface area contributed by atoms with Gasteiger partial charge in [-0.05, 0) is 55.5 Å². The fourth-order valence-corrected chi connectivity index (χ4v) is 2.16. The molecule has 110 valence electrons. The Labute approximate surface area is 116 Å². The zero-order chi connectivity index (χ0) is 14.6. The van der Waals surface area contributed by atoms with E-state index in [0.29, 0.717) is 18.7 Å². The summed E-state index contributed by atoms with van der Waals surface area (Å²) >= 11 is 0. The molecule has 1 fully saturated rings. The van der Waals surface area contributed by atoms with E-state index in [1.54, 1.807) is 0 Å². The number of hydrogen-bond acceptors (Lipinski definition) is 3. The SMILES string of the molecule is NCCC1(CNC(=O)c2ccc(OC(F)F)cc2)CC1. The summed E-state index contributed by atoms with van der Waals surface area (Å²) in [5.74, 6) is -0.171. The van der Waals surface area contributed by atoms with E-state index in [0.717, 1.165) is 19.3 Å². The number of benzene rings is 1. The molecule has 0 saturated heterocycles. The third kappa shape index (κ3) is 3.90. The van der Waals surface area contributed by atoms with Crippen LogP contribution in [0.5, 0.6) is 5.75 Å². The maximum atomic E-state index is 12.0. The summed E-state index contributed by atoms with van der Waals surface area (Å²) in [6, 6.07) is 5.65. The van der Waals surface area contributed by atoms with Gasteiger partial charge in [-0.1, -0.05) is 0 Å². The lowest BCUT2D eigenvalue weighted by Crippen LogP contribution is -2.31. The molecule has 1 amide bonds. The minimum absolute atomic E-state index is 0.0401. The standard InChI is InChI=1S/C14H18F2N2O2/c15-13(16)20-11-3-1-10(2-4-11)12(19)18-9-14(5-6-14)7-8-17/h1-4,13H,5-9,17H2,(H,18,19). The molecular weight excluding hydrogens is 266 g/mol. The molecule has 0 atom stereocenters. The molecule has 1 aromatic rings. The van der Waals surface area contributed by atoms with Gasteiger partial charge in [0.05, 0.1) is 0 Å². The number of nitrogens with two attached hydrogens (primary N) is 1. The van der Waals surface area contributed by atoms with E-state index < -0.39 is 6.61 Å². The quantitative estimate of drug-likeness (QED) is 0.806. The molecule has 20 heavy (non-hydrogen) atoms. The molecule has 1 aliphatic carbocycles. The zero-order valence-corrected chi connectivity index (χ0v) is 11.1. The second-order valence-corrected chi connectivity index (χ2v) is 5.12. The Morgan fingerprint density at radius 1 is 1.35 bits per heavy atom. The molecule has 4 nitrogen and oxygen atoms in total. The molecule has 0 heterocycles. The maximum absolute atomic E-state index is 12.0. The van der Waals surface area contributed by atoms with Gasteiger partial charge in [-0.25, -0.2) is 0 Å². The van der Waals surface area contributed by atoms with Crippen molar-refractivity contribution in [2.45, 2.75) is 25.9 Å². The number of rotatable bonds is 7. The van der Waals surface area contributed by atoms with Crippen molar-refractivity contribution in [2.75, 3.05) is 13.1 Å². The van der Waals surface area contributed by atoms with Crippen LogP contribution in [0.3, 0.4) is 0 Å². The van der Waals surface area contributed by atoms with Gasteiger partial charge < -0.3 is 15.8 Å². The number of alkyl halides is 2. The van der Waals surface area contributed by atoms with Gasteiger partial charge in [0.15, 0.2) is 0 Å². The van der Waals surface area contributed by atoms with Crippen LogP contribution in [-0.2, 0) is 0 Å². The number of ether oxygens (including phenoxy) is 1. The van der Waals surface area contributed by atoms with Gasteiger partial charge in [0, 0.05) is 12.1 Å². The molecule has 2 rings (SSSR count). The van der Waals surface area contributed by atoms with Gasteiger partial charge >= 0.3 is 6.61 Å². The van der Waals surface area contributed by atoms with Gasteiger partial charge in [-0.15, -0.1) is 0 Å². The lowest BCUT2D eigenvalue weighted by Gasteiger charge is -2.14. The fourth-order valence-electron chi connectivity index (χ4n) is 2.16. The Hall–Kier alpha value is -1.69. The second kappa shape index (κ2) is 6.17. The van der Waals surface area contributed by atoms with Crippen LogP contribution in [0.1, 0.15) is 29.6 Å². The van der Waals surface area contributed by atoms with Crippen LogP contribution >= 0.6 is 0 Å². The summed E-state index contributed by atoms with van der Waals surface area (Å²) < 4.78 is 28.2. The van der Waals surface area contributed by atoms with Crippen molar-refractivity contribution >= 4 is 5.91 Å². The van der Waals surface area contributed by atoms with Crippen molar-refractivity contribution in [1.82, 2.24) is 5.32 Å². The normalized spacial score (nSPS) is 16.0. The largest absolute Gasteiger partial charge is 0.435 e. The molecule has 3 N–H and O–H groups in total. The van der Waals surface area contributed by atoms with Gasteiger partial charge in [-0.3, -0.25) is 4.79 Å². The number of carbonyl (C=O) groups excluding carboxylic acids is 1. The van der Waals surface area contributed by atoms with Crippen LogP contribution < -0.4 is 15.8 Å². The van der Waals surface area contributed by atoms with Crippen LogP contribution in [0.25, 0.3) is 0 Å². The number of hydrogen-bond donors (Lipinski definition) is 2. The Kier molecular flexibility index (Phi) is 4.54. The highest BCUT2D eigenvalue weighted by Gasteiger charge is 2.41. The van der Waals surface area contributed by atoms with Crippen LogP contribution in [0.15, 0.2) is 24.3 Å². The molecule has 6 heteroatoms. The number of carbonyl (C=O) groups is 1. The van der Waals surface area contributed by atoms with E-state index in [-0.39, 0.29) is 17.1 Å². The van der Waals surface area contributed by atoms with Crippen molar-refractivity contribution in [3.05, 3.63) is 29.8 Å². The van der Waals surface area contributed by atoms with Gasteiger partial charge in [0.2, 0.25) is 0 Å². The maximum Gasteiger partial charge on any atom is 0.387 e. The van der Waals surface area contributed by atoms with E-state index in [1.165, 1.54) is 24.3 Å². The molecule has 0 bridgehead atoms. The average molecular weight is 284 g/mol. The fraction of sp³-hybridized carbons (Fsp3) is 0.500. The van der Waals surface area contributed by atoms with Crippen molar-refractivity contribution < 1.29 is 18.3 Å². The average Bonchev–Trinajstić information content (AvgIpc) is 3.17. The van der Waals surface area contributed by atoms with Crippen molar-refractivity contribution in [1.29, 1.82) is 0 Å². The van der Waals surface area contributed by atoms with Crippen LogP contribution in [-0.4, -0.2) is 25.6 Å². The van der Waals surface area contributed by atoms with E-state index in [4.69, 9.17) is 5.73 Å². The predicted molar refractivity (Wildman–Crippen MR) is 70.7 cm³/mol. The summed E-state index contributed by atoms with van der Waals surface area (Å²) in [6.07, 6.45) is 3.09. The van der Waals surface area contributed by atoms with E-state index in [2.05, 4.69) is 10.1 Å². The molecule has 1 saturated carbocycles. The molecule has 0 unspecified atom stereocenters. The molecule has 1 aliphatic rings. The first-order chi connectivity index (χ1) is 9.54. The molecular formula is C14H18F2N2O2. The van der Waals surface area contributed by atoms with Gasteiger partial charge in [-0.2, -0.15) is 8.78 Å². The highest BCUT2D eigenvalue weighted by Crippen LogP contribution is 2.47. The minimum atomic E-state index is -2.86. The molecule has 0 aliphatic heterocycles. The van der Waals surface area contributed by atoms with E-state index in [9.17, 15) is 13.6 Å². The van der Waals surface area contributed by atoms with Gasteiger partial charge in [0.1, 0.15) is 5.75 Å². The molecule has 1 aromatic carbocycles. The summed E-state index contributed by atoms with van der Waals surface area (Å²) in [5, 5.41) is 2.86. The molecule has 0 radical (unpaired) electrons. The van der Waals surface area contributed by atoms with Crippen LogP contribution in [0.4, 0.5) is 8.78 Å². The number of nitrogens with one attached hydrogen (secondary N) is 1. The lowest BCUT2D eigenvalue weighted by atomic mass is 10.0. The molecule has 0 aromatic heterocycles. The van der Waals surface area contributed by atoms with E-state index >= 15 is 0 Å². The highest BCUT2D eigenvalue weighted by molar-refractivity contribution is 5.94. The smallest absolute Gasteiger partial charge is 0.387 e. The number of amides is 1. The summed E-state index contributed by atoms with van der Waals surface area (Å²) in [7, 11) is 0. The lowest BCUT2D eigenvalue weighted by molar-refractivity contribution is -0.0498. The van der Waals surface area contributed by atoms with Crippen molar-refractivity contribution in [3.63, 3.8) is 0 Å². The summed E-state index contributed by atoms with van der Waals surface area (Å²) in [5.41, 5.74) is 6.14. The Morgan fingerprint density at radius 3 is 2.50 bits per heavy atom. The van der Waals surface area contributed by atoms with Crippen LogP contribution in [0, 0.1) is 5.41 Å². The van der Waals surface area contributed by atoms with Crippen molar-refractivity contribution in [3.8, 4) is 5.75 Å². The van der Waals surface area contributed by atoms with Crippen molar-refractivity contribution in [2.24, 2.45) is 11.1 Å². The minimum Gasteiger partial charge on any atom is -0.435 e. The highest BCUT2D eigenvalue weighted by atomic mass is 19.3. The zero-order valence-electron chi connectivity index (χ0n) is 11.1. The third-order valence-corrected chi connectivity index (χ3v) is 3.60. The Morgan fingerprint density at radius 2 is 2.00 bits per heavy atom. The first-order valence-electron chi connectivity index (χ1n) is 6.58. The summed E-state index contributed by atoms with van der Waals surface area (Å²) in [6.45, 7) is -1.63. The van der Waals surface area contributed by atoms with Crippen LogP contribution in [0.2, 0.25) is 0 Å². The monoisotopic (exact) mass is 284 g/mol. The number of halogens is 2. The summed E-state index contributed by atoms with van der Waals surface area (Å²) in [4.78, 5) is 11.9. The first-order valence-corrected chi connectivity index (χ1v) is 6.58. The predicted octanol–water partition coefficient (Wildman–Crippen LogP) is 2.15. The van der Waals surface area contributed by atoms with Gasteiger partial charge in [0.25, 0.3) is 5.91 Å². The third-order valence-electron chi connectivity index (χ3n) is 3.60. The Balaban J connectivity index is 1.86.